The molecule has 1 fully saturated rings. The third-order valence-corrected chi connectivity index (χ3v) is 5.84. The average molecular weight is 330 g/mol. The summed E-state index contributed by atoms with van der Waals surface area (Å²) in [6.45, 7) is 0. The molecule has 0 bridgehead atoms. The van der Waals surface area contributed by atoms with Crippen molar-refractivity contribution in [3.05, 3.63) is 35.4 Å². The zero-order chi connectivity index (χ0) is 15.2. The van der Waals surface area contributed by atoms with Crippen LogP contribution >= 0.6 is 23.1 Å². The summed E-state index contributed by atoms with van der Waals surface area (Å²) in [6.07, 6.45) is 6.48. The van der Waals surface area contributed by atoms with E-state index in [-0.39, 0.29) is 0 Å². The van der Waals surface area contributed by atoms with E-state index < -0.39 is 0 Å². The van der Waals surface area contributed by atoms with Crippen molar-refractivity contribution < 1.29 is 0 Å². The lowest BCUT2D eigenvalue weighted by atomic mass is 9.96. The van der Waals surface area contributed by atoms with E-state index in [1.807, 2.05) is 24.3 Å². The highest BCUT2D eigenvalue weighted by atomic mass is 32.2. The molecule has 22 heavy (non-hydrogen) atoms. The van der Waals surface area contributed by atoms with Crippen molar-refractivity contribution in [3.63, 3.8) is 0 Å². The predicted octanol–water partition coefficient (Wildman–Crippen LogP) is 4.45. The largest absolute Gasteiger partial charge is 0.357 e. The van der Waals surface area contributed by atoms with Gasteiger partial charge in [0.15, 0.2) is 4.34 Å². The van der Waals surface area contributed by atoms with Crippen molar-refractivity contribution in [2.24, 2.45) is 0 Å². The Labute approximate surface area is 139 Å². The van der Waals surface area contributed by atoms with Gasteiger partial charge in [0.1, 0.15) is 0 Å². The van der Waals surface area contributed by atoms with Gasteiger partial charge in [-0.25, -0.2) is 0 Å². The molecule has 0 spiro atoms. The normalized spacial score (nSPS) is 15.4. The van der Waals surface area contributed by atoms with Crippen molar-refractivity contribution in [2.45, 2.75) is 48.2 Å². The molecule has 1 aliphatic carbocycles. The second kappa shape index (κ2) is 7.61. The first-order valence-corrected chi connectivity index (χ1v) is 9.35. The third-order valence-electron chi connectivity index (χ3n) is 3.78. The Bertz CT molecular complexity index is 639. The van der Waals surface area contributed by atoms with Crippen LogP contribution in [0.25, 0.3) is 0 Å². The Balaban J connectivity index is 1.51. The second-order valence-corrected chi connectivity index (χ2v) is 7.65. The summed E-state index contributed by atoms with van der Waals surface area (Å²) < 4.78 is 0.989. The highest BCUT2D eigenvalue weighted by Gasteiger charge is 2.15. The van der Waals surface area contributed by atoms with Gasteiger partial charge in [0.05, 0.1) is 11.6 Å². The molecule has 6 heteroatoms. The molecular formula is C16H18N4S2. The minimum atomic E-state index is 0.568. The predicted molar refractivity (Wildman–Crippen MR) is 91.1 cm³/mol. The SMILES string of the molecule is N#Cc1ccc(CSc2nnc(NC3CCCCC3)s2)cc1. The standard InChI is InChI=1S/C16H18N4S2/c17-10-12-6-8-13(9-7-12)11-21-16-20-19-15(22-16)18-14-4-2-1-3-5-14/h6-9,14H,1-5,11H2,(H,18,19). The van der Waals surface area contributed by atoms with Crippen LogP contribution in [-0.4, -0.2) is 16.2 Å². The summed E-state index contributed by atoms with van der Waals surface area (Å²) in [5.41, 5.74) is 1.89. The molecule has 114 valence electrons. The number of rotatable bonds is 5. The number of hydrogen-bond donors (Lipinski definition) is 1. The lowest BCUT2D eigenvalue weighted by Crippen LogP contribution is -2.21. The van der Waals surface area contributed by atoms with E-state index in [0.29, 0.717) is 11.6 Å². The minimum absolute atomic E-state index is 0.568. The van der Waals surface area contributed by atoms with Gasteiger partial charge in [0.25, 0.3) is 0 Å². The van der Waals surface area contributed by atoms with Crippen molar-refractivity contribution >= 4 is 28.2 Å². The second-order valence-electron chi connectivity index (χ2n) is 5.45. The lowest BCUT2D eigenvalue weighted by molar-refractivity contribution is 0.462. The summed E-state index contributed by atoms with van der Waals surface area (Å²) in [5, 5.41) is 21.7. The first-order valence-electron chi connectivity index (χ1n) is 7.55. The zero-order valence-electron chi connectivity index (χ0n) is 12.3. The first kappa shape index (κ1) is 15.3. The monoisotopic (exact) mass is 330 g/mol. The number of hydrogen-bond acceptors (Lipinski definition) is 6. The Kier molecular flexibility index (Phi) is 5.30. The molecule has 2 aromatic rings. The maximum atomic E-state index is 8.79. The maximum Gasteiger partial charge on any atom is 0.206 e. The summed E-state index contributed by atoms with van der Waals surface area (Å²) in [4.78, 5) is 0. The van der Waals surface area contributed by atoms with E-state index in [9.17, 15) is 0 Å². The van der Waals surface area contributed by atoms with Gasteiger partial charge in [0.2, 0.25) is 5.13 Å². The smallest absolute Gasteiger partial charge is 0.206 e. The van der Waals surface area contributed by atoms with Gasteiger partial charge in [-0.2, -0.15) is 5.26 Å². The van der Waals surface area contributed by atoms with Crippen LogP contribution in [0.5, 0.6) is 0 Å². The van der Waals surface area contributed by atoms with Crippen LogP contribution in [-0.2, 0) is 5.75 Å². The molecule has 1 N–H and O–H groups in total. The van der Waals surface area contributed by atoms with Crippen LogP contribution in [0.1, 0.15) is 43.2 Å². The number of anilines is 1. The summed E-state index contributed by atoms with van der Waals surface area (Å²) in [5.74, 6) is 0.851. The summed E-state index contributed by atoms with van der Waals surface area (Å²) in [7, 11) is 0. The summed E-state index contributed by atoms with van der Waals surface area (Å²) >= 11 is 3.32. The van der Waals surface area contributed by atoms with Crippen molar-refractivity contribution in [2.75, 3.05) is 5.32 Å². The van der Waals surface area contributed by atoms with Crippen molar-refractivity contribution in [1.82, 2.24) is 10.2 Å². The topological polar surface area (TPSA) is 61.6 Å². The summed E-state index contributed by atoms with van der Waals surface area (Å²) in [6, 6.07) is 10.4. The van der Waals surface area contributed by atoms with Crippen LogP contribution in [0.4, 0.5) is 5.13 Å². The average Bonchev–Trinajstić information content (AvgIpc) is 3.02. The van der Waals surface area contributed by atoms with Crippen molar-refractivity contribution in [1.29, 1.82) is 5.26 Å². The van der Waals surface area contributed by atoms with Crippen LogP contribution in [0.15, 0.2) is 28.6 Å². The molecule has 4 nitrogen and oxygen atoms in total. The zero-order valence-corrected chi connectivity index (χ0v) is 13.9. The molecule has 1 aromatic heterocycles. The molecule has 0 aliphatic heterocycles. The van der Waals surface area contributed by atoms with Gasteiger partial charge in [0, 0.05) is 11.8 Å². The Morgan fingerprint density at radius 3 is 2.68 bits per heavy atom. The Hall–Kier alpha value is -1.58. The first-order chi connectivity index (χ1) is 10.8. The number of benzene rings is 1. The van der Waals surface area contributed by atoms with Gasteiger partial charge in [-0.05, 0) is 30.5 Å². The molecule has 0 atom stereocenters. The number of aromatic nitrogens is 2. The van der Waals surface area contributed by atoms with Crippen LogP contribution < -0.4 is 5.32 Å². The highest BCUT2D eigenvalue weighted by Crippen LogP contribution is 2.30. The third kappa shape index (κ3) is 4.21. The number of thioether (sulfide) groups is 1. The highest BCUT2D eigenvalue weighted by molar-refractivity contribution is 8.00. The Morgan fingerprint density at radius 2 is 1.95 bits per heavy atom. The van der Waals surface area contributed by atoms with Gasteiger partial charge in [-0.15, -0.1) is 10.2 Å². The van der Waals surface area contributed by atoms with Gasteiger partial charge in [-0.1, -0.05) is 54.5 Å². The molecule has 1 saturated carbocycles. The van der Waals surface area contributed by atoms with E-state index in [2.05, 4.69) is 21.6 Å². The number of nitrogens with one attached hydrogen (secondary N) is 1. The van der Waals surface area contributed by atoms with Gasteiger partial charge >= 0.3 is 0 Å². The molecule has 0 unspecified atom stereocenters. The molecule has 0 saturated heterocycles. The minimum Gasteiger partial charge on any atom is -0.357 e. The van der Waals surface area contributed by atoms with Gasteiger partial charge in [-0.3, -0.25) is 0 Å². The molecule has 1 heterocycles. The maximum absolute atomic E-state index is 8.79. The number of nitriles is 1. The number of nitrogens with zero attached hydrogens (tertiary/aromatic N) is 3. The van der Waals surface area contributed by atoms with Gasteiger partial charge < -0.3 is 5.32 Å². The quantitative estimate of drug-likeness (QED) is 0.821. The van der Waals surface area contributed by atoms with E-state index in [1.54, 1.807) is 23.1 Å². The molecule has 1 aromatic carbocycles. The van der Waals surface area contributed by atoms with E-state index >= 15 is 0 Å². The van der Waals surface area contributed by atoms with Crippen LogP contribution in [0.3, 0.4) is 0 Å². The van der Waals surface area contributed by atoms with Crippen LogP contribution in [0, 0.1) is 11.3 Å². The van der Waals surface area contributed by atoms with Crippen LogP contribution in [0.2, 0.25) is 0 Å². The lowest BCUT2D eigenvalue weighted by Gasteiger charge is -2.21. The van der Waals surface area contributed by atoms with E-state index in [1.165, 1.54) is 37.7 Å². The fourth-order valence-electron chi connectivity index (χ4n) is 2.57. The fraction of sp³-hybridized carbons (Fsp3) is 0.438. The molecule has 3 rings (SSSR count). The fourth-order valence-corrected chi connectivity index (χ4v) is 4.35. The van der Waals surface area contributed by atoms with E-state index in [0.717, 1.165) is 15.2 Å². The Morgan fingerprint density at radius 1 is 1.18 bits per heavy atom. The van der Waals surface area contributed by atoms with E-state index in [4.69, 9.17) is 5.26 Å². The molecule has 1 aliphatic rings. The molecular weight excluding hydrogens is 312 g/mol. The van der Waals surface area contributed by atoms with Crippen molar-refractivity contribution in [3.8, 4) is 6.07 Å². The molecule has 0 amide bonds. The molecule has 0 radical (unpaired) electrons.